The normalized spacial score (nSPS) is 15.2. The van der Waals surface area contributed by atoms with Gasteiger partial charge >= 0.3 is 5.97 Å². The standard InChI is InChI=1S/C27H30N4O5/c1-35-27(34)25-22-11-12-30(26(33)21-16-20(28-29-21)19-9-10-19)13-14-31(22)24(32)17-23(25)36-15-5-8-18-6-3-2-4-7-18/h2-4,6-7,16-17,19H,5,8-15H2,1H3,(H,28,29). The summed E-state index contributed by atoms with van der Waals surface area (Å²) < 4.78 is 12.5. The number of methoxy groups -OCH3 is 1. The monoisotopic (exact) mass is 490 g/mol. The van der Waals surface area contributed by atoms with Crippen LogP contribution in [0.4, 0.5) is 0 Å². The molecule has 1 aromatic carbocycles. The fourth-order valence-corrected chi connectivity index (χ4v) is 4.70. The average Bonchev–Trinajstić information content (AvgIpc) is 3.67. The molecule has 1 aliphatic carbocycles. The number of pyridine rings is 1. The Morgan fingerprint density at radius 1 is 1.11 bits per heavy atom. The van der Waals surface area contributed by atoms with E-state index in [-0.39, 0.29) is 29.3 Å². The number of carbonyl (C=O) groups is 2. The Morgan fingerprint density at radius 2 is 1.92 bits per heavy atom. The molecule has 2 aromatic heterocycles. The molecule has 3 aromatic rings. The molecule has 1 fully saturated rings. The third-order valence-corrected chi connectivity index (χ3v) is 6.81. The van der Waals surface area contributed by atoms with Gasteiger partial charge in [0.2, 0.25) is 0 Å². The van der Waals surface area contributed by atoms with E-state index < -0.39 is 5.97 Å². The van der Waals surface area contributed by atoms with E-state index in [1.807, 2.05) is 24.3 Å². The van der Waals surface area contributed by atoms with Crippen LogP contribution in [0, 0.1) is 0 Å². The maximum atomic E-state index is 13.1. The van der Waals surface area contributed by atoms with Gasteiger partial charge in [-0.15, -0.1) is 0 Å². The summed E-state index contributed by atoms with van der Waals surface area (Å²) in [5.74, 6) is -0.0407. The summed E-state index contributed by atoms with van der Waals surface area (Å²) in [7, 11) is 1.31. The van der Waals surface area contributed by atoms with Crippen molar-refractivity contribution < 1.29 is 19.1 Å². The first-order valence-electron chi connectivity index (χ1n) is 12.4. The topological polar surface area (TPSA) is 107 Å². The van der Waals surface area contributed by atoms with Gasteiger partial charge in [0, 0.05) is 49.4 Å². The summed E-state index contributed by atoms with van der Waals surface area (Å²) >= 11 is 0. The molecule has 0 radical (unpaired) electrons. The molecule has 9 nitrogen and oxygen atoms in total. The lowest BCUT2D eigenvalue weighted by atomic mass is 10.1. The minimum absolute atomic E-state index is 0.184. The molecule has 36 heavy (non-hydrogen) atoms. The highest BCUT2D eigenvalue weighted by molar-refractivity contribution is 5.94. The number of aryl methyl sites for hydroxylation is 1. The van der Waals surface area contributed by atoms with Gasteiger partial charge in [-0.3, -0.25) is 14.7 Å². The molecular formula is C27H30N4O5. The second-order valence-corrected chi connectivity index (χ2v) is 9.27. The SMILES string of the molecule is COC(=O)c1c(OCCCc2ccccc2)cc(=O)n2c1CCN(C(=O)c1cc(C3CC3)[nH]n1)CC2. The number of hydrogen-bond acceptors (Lipinski definition) is 6. The number of esters is 1. The quantitative estimate of drug-likeness (QED) is 0.384. The zero-order valence-electron chi connectivity index (χ0n) is 20.4. The average molecular weight is 491 g/mol. The van der Waals surface area contributed by atoms with Crippen LogP contribution in [0.2, 0.25) is 0 Å². The molecule has 9 heteroatoms. The summed E-state index contributed by atoms with van der Waals surface area (Å²) in [5, 5.41) is 7.18. The summed E-state index contributed by atoms with van der Waals surface area (Å²) in [5.41, 5.74) is 3.09. The predicted octanol–water partition coefficient (Wildman–Crippen LogP) is 2.95. The first-order chi connectivity index (χ1) is 17.5. The number of carbonyl (C=O) groups excluding carboxylic acids is 2. The summed E-state index contributed by atoms with van der Waals surface area (Å²) in [6, 6.07) is 13.2. The van der Waals surface area contributed by atoms with Crippen LogP contribution in [0.25, 0.3) is 0 Å². The maximum Gasteiger partial charge on any atom is 0.343 e. The lowest BCUT2D eigenvalue weighted by Gasteiger charge is -2.18. The number of benzene rings is 1. The summed E-state index contributed by atoms with van der Waals surface area (Å²) in [6.07, 6.45) is 4.12. The zero-order valence-corrected chi connectivity index (χ0v) is 20.4. The van der Waals surface area contributed by atoms with Crippen LogP contribution in [-0.4, -0.2) is 58.3 Å². The Labute approximate surface area is 209 Å². The fraction of sp³-hybridized carbons (Fsp3) is 0.407. The fourth-order valence-electron chi connectivity index (χ4n) is 4.70. The second-order valence-electron chi connectivity index (χ2n) is 9.27. The Bertz CT molecular complexity index is 1310. The van der Waals surface area contributed by atoms with Gasteiger partial charge in [0.1, 0.15) is 17.0 Å². The van der Waals surface area contributed by atoms with Gasteiger partial charge in [-0.1, -0.05) is 30.3 Å². The Hall–Kier alpha value is -3.88. The van der Waals surface area contributed by atoms with Crippen molar-refractivity contribution in [2.45, 2.75) is 44.6 Å². The van der Waals surface area contributed by atoms with Crippen LogP contribution in [0.5, 0.6) is 5.75 Å². The highest BCUT2D eigenvalue weighted by Gasteiger charge is 2.30. The summed E-state index contributed by atoms with van der Waals surface area (Å²) in [4.78, 5) is 40.6. The first kappa shape index (κ1) is 23.8. The molecule has 1 amide bonds. The number of amides is 1. The predicted molar refractivity (Wildman–Crippen MR) is 132 cm³/mol. The number of ether oxygens (including phenoxy) is 2. The van der Waals surface area contributed by atoms with E-state index in [0.29, 0.717) is 43.4 Å². The Kier molecular flexibility index (Phi) is 6.88. The molecule has 0 unspecified atom stereocenters. The van der Waals surface area contributed by atoms with Gasteiger partial charge in [-0.05, 0) is 37.3 Å². The van der Waals surface area contributed by atoms with Crippen molar-refractivity contribution in [3.63, 3.8) is 0 Å². The third kappa shape index (κ3) is 5.05. The molecule has 1 aliphatic heterocycles. The van der Waals surface area contributed by atoms with Crippen molar-refractivity contribution in [1.82, 2.24) is 19.7 Å². The minimum atomic E-state index is -0.557. The van der Waals surface area contributed by atoms with Crippen molar-refractivity contribution in [3.05, 3.63) is 81.0 Å². The number of hydrogen-bond donors (Lipinski definition) is 1. The van der Waals surface area contributed by atoms with Gasteiger partial charge in [-0.25, -0.2) is 4.79 Å². The van der Waals surface area contributed by atoms with Crippen molar-refractivity contribution in [2.75, 3.05) is 26.8 Å². The van der Waals surface area contributed by atoms with E-state index in [0.717, 1.165) is 31.4 Å². The number of aromatic amines is 1. The smallest absolute Gasteiger partial charge is 0.343 e. The van der Waals surface area contributed by atoms with Crippen molar-refractivity contribution in [2.24, 2.45) is 0 Å². The number of fused-ring (bicyclic) bond motifs is 1. The van der Waals surface area contributed by atoms with E-state index in [1.54, 1.807) is 9.47 Å². The number of H-pyrrole nitrogens is 1. The Morgan fingerprint density at radius 3 is 2.67 bits per heavy atom. The lowest BCUT2D eigenvalue weighted by molar-refractivity contribution is 0.0593. The Balaban J connectivity index is 1.32. The highest BCUT2D eigenvalue weighted by atomic mass is 16.5. The zero-order chi connectivity index (χ0) is 25.1. The number of nitrogens with zero attached hydrogens (tertiary/aromatic N) is 3. The lowest BCUT2D eigenvalue weighted by Crippen LogP contribution is -2.34. The number of nitrogens with one attached hydrogen (secondary N) is 1. The van der Waals surface area contributed by atoms with Gasteiger partial charge in [0.15, 0.2) is 0 Å². The highest BCUT2D eigenvalue weighted by Crippen LogP contribution is 2.39. The molecule has 0 saturated heterocycles. The molecule has 1 N–H and O–H groups in total. The largest absolute Gasteiger partial charge is 0.492 e. The van der Waals surface area contributed by atoms with Gasteiger partial charge in [-0.2, -0.15) is 5.10 Å². The molecule has 0 spiro atoms. The van der Waals surface area contributed by atoms with Gasteiger partial charge < -0.3 is 18.9 Å². The van der Waals surface area contributed by atoms with Crippen molar-refractivity contribution in [3.8, 4) is 5.75 Å². The molecule has 0 bridgehead atoms. The summed E-state index contributed by atoms with van der Waals surface area (Å²) in [6.45, 7) is 1.33. The second kappa shape index (κ2) is 10.4. The van der Waals surface area contributed by atoms with E-state index in [1.165, 1.54) is 18.7 Å². The van der Waals surface area contributed by atoms with E-state index in [9.17, 15) is 14.4 Å². The van der Waals surface area contributed by atoms with Crippen LogP contribution >= 0.6 is 0 Å². The van der Waals surface area contributed by atoms with E-state index >= 15 is 0 Å². The molecule has 3 heterocycles. The van der Waals surface area contributed by atoms with E-state index in [2.05, 4.69) is 22.3 Å². The van der Waals surface area contributed by atoms with Crippen molar-refractivity contribution in [1.29, 1.82) is 0 Å². The van der Waals surface area contributed by atoms with Crippen LogP contribution in [-0.2, 0) is 24.1 Å². The van der Waals surface area contributed by atoms with Crippen molar-refractivity contribution >= 4 is 11.9 Å². The van der Waals surface area contributed by atoms with Crippen LogP contribution < -0.4 is 10.3 Å². The van der Waals surface area contributed by atoms with Crippen LogP contribution in [0.1, 0.15) is 63.0 Å². The van der Waals surface area contributed by atoms with Gasteiger partial charge in [0.25, 0.3) is 11.5 Å². The van der Waals surface area contributed by atoms with Crippen LogP contribution in [0.15, 0.2) is 47.3 Å². The van der Waals surface area contributed by atoms with Crippen LogP contribution in [0.3, 0.4) is 0 Å². The first-order valence-corrected chi connectivity index (χ1v) is 12.4. The van der Waals surface area contributed by atoms with Gasteiger partial charge in [0.05, 0.1) is 13.7 Å². The molecule has 5 rings (SSSR count). The van der Waals surface area contributed by atoms with E-state index in [4.69, 9.17) is 9.47 Å². The molecule has 2 aliphatic rings. The number of aromatic nitrogens is 3. The molecular weight excluding hydrogens is 460 g/mol. The molecule has 0 atom stereocenters. The molecule has 188 valence electrons. The third-order valence-electron chi connectivity index (χ3n) is 6.81. The minimum Gasteiger partial charge on any atom is -0.492 e. The molecule has 1 saturated carbocycles. The maximum absolute atomic E-state index is 13.1. The number of rotatable bonds is 8.